The maximum atomic E-state index is 10.0. The van der Waals surface area contributed by atoms with Gasteiger partial charge in [0.05, 0.1) is 18.3 Å². The Bertz CT molecular complexity index is 404. The highest BCUT2D eigenvalue weighted by Crippen LogP contribution is 2.37. The SMILES string of the molecule is C[C@@]12CO[C@@H](O1)[C@H](Nc1nnsn1)[C@@H](O)[C@H]2O. The van der Waals surface area contributed by atoms with Crippen molar-refractivity contribution in [2.75, 3.05) is 11.9 Å². The molecule has 9 heteroatoms. The van der Waals surface area contributed by atoms with E-state index in [1.807, 2.05) is 0 Å². The standard InChI is InChI=1S/C8H12N4O4S/c1-8-2-15-6(16-8)3(4(13)5(8)14)9-7-10-12-17-11-7/h3-6,13-14H,2H2,1H3,(H,9,11)/t3-,4-,5-,6+,8+/m1/s1. The van der Waals surface area contributed by atoms with Crippen LogP contribution in [0.4, 0.5) is 5.95 Å². The summed E-state index contributed by atoms with van der Waals surface area (Å²) in [7, 11) is 0. The molecule has 5 atom stereocenters. The van der Waals surface area contributed by atoms with Gasteiger partial charge in [-0.15, -0.1) is 4.37 Å². The Balaban J connectivity index is 1.81. The topological polar surface area (TPSA) is 110 Å². The van der Waals surface area contributed by atoms with Crippen molar-refractivity contribution in [3.05, 3.63) is 0 Å². The predicted octanol–water partition coefficient (Wildman–Crippen LogP) is -1.42. The number of aliphatic hydroxyl groups excluding tert-OH is 2. The number of hydrogen-bond donors (Lipinski definition) is 3. The van der Waals surface area contributed by atoms with Crippen molar-refractivity contribution in [1.29, 1.82) is 0 Å². The Kier molecular flexibility index (Phi) is 2.52. The summed E-state index contributed by atoms with van der Waals surface area (Å²) in [5.41, 5.74) is -0.851. The number of nitrogens with one attached hydrogen (secondary N) is 1. The minimum absolute atomic E-state index is 0.247. The van der Waals surface area contributed by atoms with Crippen molar-refractivity contribution in [3.63, 3.8) is 0 Å². The van der Waals surface area contributed by atoms with Crippen LogP contribution in [0.3, 0.4) is 0 Å². The van der Waals surface area contributed by atoms with Crippen LogP contribution < -0.4 is 5.32 Å². The molecule has 0 aliphatic carbocycles. The van der Waals surface area contributed by atoms with Gasteiger partial charge in [-0.1, -0.05) is 9.59 Å². The van der Waals surface area contributed by atoms with Gasteiger partial charge in [0.25, 0.3) is 5.95 Å². The molecule has 2 fully saturated rings. The molecule has 2 aliphatic rings. The lowest BCUT2D eigenvalue weighted by molar-refractivity contribution is -0.208. The first-order valence-corrected chi connectivity index (χ1v) is 5.90. The molecular formula is C8H12N4O4S. The highest BCUT2D eigenvalue weighted by molar-refractivity contribution is 6.99. The fraction of sp³-hybridized carbons (Fsp3) is 0.875. The average Bonchev–Trinajstić information content (AvgIpc) is 2.91. The Morgan fingerprint density at radius 1 is 1.53 bits per heavy atom. The summed E-state index contributed by atoms with van der Waals surface area (Å²) < 4.78 is 18.4. The van der Waals surface area contributed by atoms with Gasteiger partial charge < -0.3 is 25.0 Å². The predicted molar refractivity (Wildman–Crippen MR) is 56.4 cm³/mol. The van der Waals surface area contributed by atoms with E-state index in [0.717, 1.165) is 11.7 Å². The second kappa shape index (κ2) is 3.82. The van der Waals surface area contributed by atoms with E-state index < -0.39 is 30.1 Å². The molecule has 0 amide bonds. The molecule has 0 saturated carbocycles. The summed E-state index contributed by atoms with van der Waals surface area (Å²) in [4.78, 5) is 0. The summed E-state index contributed by atoms with van der Waals surface area (Å²) in [5, 5.41) is 26.6. The zero-order chi connectivity index (χ0) is 12.0. The van der Waals surface area contributed by atoms with Gasteiger partial charge in [-0.25, -0.2) is 0 Å². The van der Waals surface area contributed by atoms with E-state index in [1.165, 1.54) is 0 Å². The van der Waals surface area contributed by atoms with Crippen LogP contribution in [0.15, 0.2) is 0 Å². The second-order valence-electron chi connectivity index (χ2n) is 4.39. The van der Waals surface area contributed by atoms with Crippen molar-refractivity contribution in [2.45, 2.75) is 37.1 Å². The van der Waals surface area contributed by atoms with Gasteiger partial charge >= 0.3 is 0 Å². The summed E-state index contributed by atoms with van der Waals surface area (Å²) in [5.74, 6) is 0.286. The highest BCUT2D eigenvalue weighted by atomic mass is 32.1. The lowest BCUT2D eigenvalue weighted by atomic mass is 9.89. The molecule has 3 heterocycles. The smallest absolute Gasteiger partial charge is 0.256 e. The molecule has 2 aliphatic heterocycles. The van der Waals surface area contributed by atoms with Crippen molar-refractivity contribution < 1.29 is 19.7 Å². The fourth-order valence-electron chi connectivity index (χ4n) is 2.12. The van der Waals surface area contributed by atoms with Crippen LogP contribution in [0.1, 0.15) is 6.92 Å². The van der Waals surface area contributed by atoms with Gasteiger partial charge in [-0.2, -0.15) is 0 Å². The zero-order valence-electron chi connectivity index (χ0n) is 8.98. The largest absolute Gasteiger partial charge is 0.388 e. The molecule has 0 unspecified atom stereocenters. The fourth-order valence-corrected chi connectivity index (χ4v) is 2.44. The average molecular weight is 260 g/mol. The van der Waals surface area contributed by atoms with Crippen LogP contribution in [0.25, 0.3) is 0 Å². The summed E-state index contributed by atoms with van der Waals surface area (Å²) >= 11 is 0.949. The lowest BCUT2D eigenvalue weighted by Gasteiger charge is -2.40. The maximum Gasteiger partial charge on any atom is 0.256 e. The third-order valence-electron chi connectivity index (χ3n) is 3.12. The molecule has 1 aromatic heterocycles. The number of ether oxygens (including phenoxy) is 2. The van der Waals surface area contributed by atoms with Gasteiger partial charge in [0.2, 0.25) is 0 Å². The van der Waals surface area contributed by atoms with Crippen LogP contribution in [0, 0.1) is 0 Å². The Hall–Kier alpha value is -0.870. The molecule has 3 rings (SSSR count). The van der Waals surface area contributed by atoms with Gasteiger partial charge in [-0.3, -0.25) is 0 Å². The van der Waals surface area contributed by atoms with Crippen LogP contribution in [-0.2, 0) is 9.47 Å². The van der Waals surface area contributed by atoms with Crippen molar-refractivity contribution in [3.8, 4) is 0 Å². The number of hydrogen-bond acceptors (Lipinski definition) is 9. The minimum Gasteiger partial charge on any atom is -0.388 e. The second-order valence-corrected chi connectivity index (χ2v) is 4.90. The van der Waals surface area contributed by atoms with Crippen LogP contribution in [0.2, 0.25) is 0 Å². The third kappa shape index (κ3) is 1.70. The molecular weight excluding hydrogens is 248 g/mol. The number of rotatable bonds is 2. The van der Waals surface area contributed by atoms with Crippen molar-refractivity contribution in [2.24, 2.45) is 0 Å². The first-order valence-electron chi connectivity index (χ1n) is 5.17. The van der Waals surface area contributed by atoms with E-state index >= 15 is 0 Å². The summed E-state index contributed by atoms with van der Waals surface area (Å²) in [6, 6.07) is -0.614. The Morgan fingerprint density at radius 3 is 3.06 bits per heavy atom. The molecule has 94 valence electrons. The van der Waals surface area contributed by atoms with E-state index in [4.69, 9.17) is 9.47 Å². The van der Waals surface area contributed by atoms with Crippen LogP contribution >= 0.6 is 11.7 Å². The van der Waals surface area contributed by atoms with Crippen molar-refractivity contribution >= 4 is 17.7 Å². The van der Waals surface area contributed by atoms with Gasteiger partial charge in [-0.05, 0) is 6.92 Å². The number of nitrogens with zero attached hydrogens (tertiary/aromatic N) is 3. The van der Waals surface area contributed by atoms with Crippen molar-refractivity contribution in [1.82, 2.24) is 14.0 Å². The molecule has 3 N–H and O–H groups in total. The van der Waals surface area contributed by atoms with Crippen LogP contribution in [-0.4, -0.2) is 60.9 Å². The quantitative estimate of drug-likeness (QED) is 0.594. The van der Waals surface area contributed by atoms with Crippen LogP contribution in [0.5, 0.6) is 0 Å². The molecule has 0 radical (unpaired) electrons. The third-order valence-corrected chi connectivity index (χ3v) is 3.53. The molecule has 17 heavy (non-hydrogen) atoms. The molecule has 2 bridgehead atoms. The van der Waals surface area contributed by atoms with E-state index in [2.05, 4.69) is 19.3 Å². The molecule has 0 spiro atoms. The lowest BCUT2D eigenvalue weighted by Crippen LogP contribution is -2.61. The number of aromatic nitrogens is 3. The monoisotopic (exact) mass is 260 g/mol. The van der Waals surface area contributed by atoms with Gasteiger partial charge in [0.1, 0.15) is 23.9 Å². The first-order chi connectivity index (χ1) is 8.10. The Morgan fingerprint density at radius 2 is 2.35 bits per heavy atom. The molecule has 2 saturated heterocycles. The Labute approximate surface area is 101 Å². The number of aliphatic hydroxyl groups is 2. The summed E-state index contributed by atoms with van der Waals surface area (Å²) in [6.45, 7) is 1.95. The summed E-state index contributed by atoms with van der Waals surface area (Å²) in [6.07, 6.45) is -2.66. The van der Waals surface area contributed by atoms with E-state index in [9.17, 15) is 10.2 Å². The minimum atomic E-state index is -1.02. The van der Waals surface area contributed by atoms with E-state index in [-0.39, 0.29) is 12.6 Å². The molecule has 1 aromatic rings. The normalized spacial score (nSPS) is 44.9. The molecule has 0 aromatic carbocycles. The zero-order valence-corrected chi connectivity index (χ0v) is 9.79. The number of fused-ring (bicyclic) bond motifs is 2. The van der Waals surface area contributed by atoms with E-state index in [0.29, 0.717) is 0 Å². The first kappa shape index (κ1) is 11.2. The maximum absolute atomic E-state index is 10.0. The molecule has 8 nitrogen and oxygen atoms in total. The van der Waals surface area contributed by atoms with Gasteiger partial charge in [0, 0.05) is 0 Å². The highest BCUT2D eigenvalue weighted by Gasteiger charge is 2.56. The van der Waals surface area contributed by atoms with E-state index in [1.54, 1.807) is 6.92 Å². The number of anilines is 1. The van der Waals surface area contributed by atoms with Gasteiger partial charge in [0.15, 0.2) is 6.29 Å².